The maximum atomic E-state index is 14.0. The molecule has 3 heteroatoms. The lowest BCUT2D eigenvalue weighted by Crippen LogP contribution is -2.12. The van der Waals surface area contributed by atoms with Gasteiger partial charge in [0.1, 0.15) is 5.67 Å². The van der Waals surface area contributed by atoms with Crippen LogP contribution in [0.15, 0.2) is 18.2 Å². The number of benzene rings is 1. The number of hydrogen-bond acceptors (Lipinski definition) is 1. The molecule has 104 valence electrons. The van der Waals surface area contributed by atoms with Crippen molar-refractivity contribution in [2.75, 3.05) is 0 Å². The Kier molecular flexibility index (Phi) is 3.66. The number of rotatable bonds is 3. The van der Waals surface area contributed by atoms with Gasteiger partial charge in [-0.2, -0.15) is 0 Å². The lowest BCUT2D eigenvalue weighted by Gasteiger charge is -2.20. The lowest BCUT2D eigenvalue weighted by atomic mass is 9.86. The van der Waals surface area contributed by atoms with Gasteiger partial charge in [0.05, 0.1) is 5.56 Å². The van der Waals surface area contributed by atoms with Crippen molar-refractivity contribution in [3.8, 4) is 0 Å². The van der Waals surface area contributed by atoms with Gasteiger partial charge in [-0.15, -0.1) is 0 Å². The van der Waals surface area contributed by atoms with Crippen LogP contribution < -0.4 is 0 Å². The van der Waals surface area contributed by atoms with Crippen LogP contribution in [0.1, 0.15) is 73.4 Å². The normalized spacial score (nSPS) is 26.9. The van der Waals surface area contributed by atoms with Crippen molar-refractivity contribution in [1.82, 2.24) is 0 Å². The van der Waals surface area contributed by atoms with Crippen molar-refractivity contribution in [1.29, 1.82) is 0 Å². The maximum absolute atomic E-state index is 14.0. The molecule has 0 amide bonds. The van der Waals surface area contributed by atoms with Crippen LogP contribution in [0.25, 0.3) is 0 Å². The summed E-state index contributed by atoms with van der Waals surface area (Å²) in [5, 5.41) is 9.11. The number of carbonyl (C=O) groups is 1. The molecule has 0 aromatic heterocycles. The minimum absolute atomic E-state index is 0.145. The van der Waals surface area contributed by atoms with Gasteiger partial charge >= 0.3 is 5.97 Å². The minimum atomic E-state index is -1.11. The van der Waals surface area contributed by atoms with Gasteiger partial charge in [0.25, 0.3) is 0 Å². The third-order valence-corrected chi connectivity index (χ3v) is 4.08. The van der Waals surface area contributed by atoms with E-state index in [1.54, 1.807) is 19.1 Å². The topological polar surface area (TPSA) is 37.3 Å². The Bertz CT molecular complexity index is 492. The van der Waals surface area contributed by atoms with Gasteiger partial charge in [-0.3, -0.25) is 0 Å². The van der Waals surface area contributed by atoms with E-state index in [-0.39, 0.29) is 5.92 Å². The molecule has 1 N–H and O–H groups in total. The monoisotopic (exact) mass is 264 g/mol. The fourth-order valence-corrected chi connectivity index (χ4v) is 3.05. The van der Waals surface area contributed by atoms with Crippen LogP contribution in [0, 0.1) is 0 Å². The highest BCUT2D eigenvalue weighted by molar-refractivity contribution is 5.88. The van der Waals surface area contributed by atoms with Crippen molar-refractivity contribution in [3.05, 3.63) is 34.9 Å². The second-order valence-corrected chi connectivity index (χ2v) is 6.16. The van der Waals surface area contributed by atoms with Crippen LogP contribution in [-0.4, -0.2) is 16.7 Å². The smallest absolute Gasteiger partial charge is 0.335 e. The zero-order valence-electron chi connectivity index (χ0n) is 11.7. The number of carboxylic acids is 1. The van der Waals surface area contributed by atoms with Crippen molar-refractivity contribution >= 4 is 5.97 Å². The van der Waals surface area contributed by atoms with E-state index in [4.69, 9.17) is 5.11 Å². The molecular weight excluding hydrogens is 243 g/mol. The van der Waals surface area contributed by atoms with Gasteiger partial charge in [-0.25, -0.2) is 9.18 Å². The van der Waals surface area contributed by atoms with E-state index in [9.17, 15) is 9.18 Å². The number of aromatic carboxylic acids is 1. The van der Waals surface area contributed by atoms with Crippen LogP contribution in [-0.2, 0) is 0 Å². The minimum Gasteiger partial charge on any atom is -0.478 e. The predicted octanol–water partition coefficient (Wildman–Crippen LogP) is 4.50. The Morgan fingerprint density at radius 2 is 2.16 bits per heavy atom. The molecular formula is C16H21FO2. The highest BCUT2D eigenvalue weighted by Gasteiger charge is 2.36. The number of hydrogen-bond donors (Lipinski definition) is 1. The third-order valence-electron chi connectivity index (χ3n) is 4.08. The summed E-state index contributed by atoms with van der Waals surface area (Å²) in [5.41, 5.74) is 1.36. The van der Waals surface area contributed by atoms with E-state index in [1.165, 1.54) is 0 Å². The van der Waals surface area contributed by atoms with Gasteiger partial charge in [0.15, 0.2) is 0 Å². The number of carboxylic acid groups (broad SMARTS) is 1. The van der Waals surface area contributed by atoms with Gasteiger partial charge in [0, 0.05) is 0 Å². The van der Waals surface area contributed by atoms with Gasteiger partial charge in [-0.1, -0.05) is 19.9 Å². The molecule has 1 aliphatic rings. The summed E-state index contributed by atoms with van der Waals surface area (Å²) in [6, 6.07) is 5.27. The van der Waals surface area contributed by atoms with Crippen LogP contribution >= 0.6 is 0 Å². The highest BCUT2D eigenvalue weighted by atomic mass is 19.1. The van der Waals surface area contributed by atoms with Crippen LogP contribution in [0.3, 0.4) is 0 Å². The Hall–Kier alpha value is -1.38. The molecule has 1 saturated carbocycles. The first-order chi connectivity index (χ1) is 8.80. The van der Waals surface area contributed by atoms with Crippen LogP contribution in [0.2, 0.25) is 0 Å². The average Bonchev–Trinajstić information content (AvgIpc) is 2.68. The lowest BCUT2D eigenvalue weighted by molar-refractivity contribution is 0.0696. The van der Waals surface area contributed by atoms with Crippen molar-refractivity contribution in [3.63, 3.8) is 0 Å². The molecule has 0 bridgehead atoms. The summed E-state index contributed by atoms with van der Waals surface area (Å²) < 4.78 is 14.0. The zero-order valence-corrected chi connectivity index (χ0v) is 11.7. The van der Waals surface area contributed by atoms with E-state index in [2.05, 4.69) is 13.8 Å². The van der Waals surface area contributed by atoms with Crippen LogP contribution in [0.5, 0.6) is 0 Å². The molecule has 0 heterocycles. The van der Waals surface area contributed by atoms with E-state index in [0.717, 1.165) is 17.5 Å². The quantitative estimate of drug-likeness (QED) is 0.872. The van der Waals surface area contributed by atoms with E-state index in [0.29, 0.717) is 24.3 Å². The van der Waals surface area contributed by atoms with Crippen molar-refractivity contribution < 1.29 is 14.3 Å². The highest BCUT2D eigenvalue weighted by Crippen LogP contribution is 2.45. The van der Waals surface area contributed by atoms with Crippen molar-refractivity contribution in [2.24, 2.45) is 0 Å². The summed E-state index contributed by atoms with van der Waals surface area (Å²) >= 11 is 0. The summed E-state index contributed by atoms with van der Waals surface area (Å²) in [7, 11) is 0. The van der Waals surface area contributed by atoms with E-state index in [1.807, 2.05) is 6.07 Å². The largest absolute Gasteiger partial charge is 0.478 e. The summed E-state index contributed by atoms with van der Waals surface area (Å²) in [4.78, 5) is 11.1. The van der Waals surface area contributed by atoms with Crippen LogP contribution in [0.4, 0.5) is 4.39 Å². The second kappa shape index (κ2) is 4.95. The fraction of sp³-hybridized carbons (Fsp3) is 0.562. The second-order valence-electron chi connectivity index (χ2n) is 6.16. The molecule has 2 atom stereocenters. The first kappa shape index (κ1) is 14.0. The van der Waals surface area contributed by atoms with E-state index >= 15 is 0 Å². The first-order valence-electron chi connectivity index (χ1n) is 6.86. The average molecular weight is 264 g/mol. The molecule has 2 rings (SSSR count). The molecule has 1 aromatic carbocycles. The zero-order chi connectivity index (χ0) is 14.2. The molecule has 1 aliphatic carbocycles. The van der Waals surface area contributed by atoms with E-state index < -0.39 is 11.6 Å². The molecule has 19 heavy (non-hydrogen) atoms. The molecule has 0 radical (unpaired) electrons. The first-order valence-corrected chi connectivity index (χ1v) is 6.86. The Morgan fingerprint density at radius 3 is 2.63 bits per heavy atom. The SMILES string of the molecule is CC(C)c1ccc(C(=O)O)cc1C1CCC(C)(F)C1. The summed E-state index contributed by atoms with van der Waals surface area (Å²) in [5.74, 6) is -0.450. The van der Waals surface area contributed by atoms with Gasteiger partial charge < -0.3 is 5.11 Å². The fourth-order valence-electron chi connectivity index (χ4n) is 3.05. The predicted molar refractivity (Wildman–Crippen MR) is 73.6 cm³/mol. The Balaban J connectivity index is 2.41. The number of alkyl halides is 1. The van der Waals surface area contributed by atoms with Gasteiger partial charge in [-0.05, 0) is 61.3 Å². The number of halogens is 1. The molecule has 2 unspecified atom stereocenters. The third kappa shape index (κ3) is 2.96. The molecule has 1 fully saturated rings. The molecule has 0 aliphatic heterocycles. The molecule has 0 saturated heterocycles. The molecule has 0 spiro atoms. The Morgan fingerprint density at radius 1 is 1.47 bits per heavy atom. The molecule has 1 aromatic rings. The molecule has 2 nitrogen and oxygen atoms in total. The Labute approximate surface area is 113 Å². The maximum Gasteiger partial charge on any atom is 0.335 e. The summed E-state index contributed by atoms with van der Waals surface area (Å²) in [6.45, 7) is 5.81. The standard InChI is InChI=1S/C16H21FO2/c1-10(2)13-5-4-11(15(18)19)8-14(13)12-6-7-16(3,17)9-12/h4-5,8,10,12H,6-7,9H2,1-3H3,(H,18,19). The summed E-state index contributed by atoms with van der Waals surface area (Å²) in [6.07, 6.45) is 1.86. The van der Waals surface area contributed by atoms with Gasteiger partial charge in [0.2, 0.25) is 0 Å². The van der Waals surface area contributed by atoms with Crippen molar-refractivity contribution in [2.45, 2.75) is 57.5 Å².